The fraction of sp³-hybridized carbons (Fsp3) is 0.684. The lowest BCUT2D eigenvalue weighted by Crippen LogP contribution is -2.46. The molecule has 2 rings (SSSR count). The Balaban J connectivity index is 1.78. The molecule has 1 unspecified atom stereocenters. The largest absolute Gasteiger partial charge is 0.383 e. The lowest BCUT2D eigenvalue weighted by molar-refractivity contribution is 0.258. The van der Waals surface area contributed by atoms with Crippen LogP contribution in [0.3, 0.4) is 0 Å². The van der Waals surface area contributed by atoms with Crippen molar-refractivity contribution in [2.75, 3.05) is 49.5 Å². The van der Waals surface area contributed by atoms with Crippen molar-refractivity contribution < 1.29 is 0 Å². The van der Waals surface area contributed by atoms with Crippen molar-refractivity contribution in [3.63, 3.8) is 0 Å². The maximum atomic E-state index is 6.13. The summed E-state index contributed by atoms with van der Waals surface area (Å²) in [5, 5.41) is 3.45. The number of anilines is 2. The highest BCUT2D eigenvalue weighted by Crippen LogP contribution is 2.19. The summed E-state index contributed by atoms with van der Waals surface area (Å²) in [6.07, 6.45) is 2.31. The number of rotatable bonds is 8. The first-order valence-corrected chi connectivity index (χ1v) is 9.15. The van der Waals surface area contributed by atoms with E-state index in [1.807, 2.05) is 0 Å². The van der Waals surface area contributed by atoms with Gasteiger partial charge in [-0.3, -0.25) is 4.90 Å². The molecule has 130 valence electrons. The number of nitrogens with zero attached hydrogens (tertiary/aromatic N) is 2. The quantitative estimate of drug-likeness (QED) is 0.773. The van der Waals surface area contributed by atoms with Crippen molar-refractivity contribution in [1.82, 2.24) is 4.90 Å². The minimum atomic E-state index is 0.223. The van der Waals surface area contributed by atoms with E-state index in [9.17, 15) is 0 Å². The van der Waals surface area contributed by atoms with E-state index in [1.165, 1.54) is 31.7 Å². The first-order chi connectivity index (χ1) is 11.1. The van der Waals surface area contributed by atoms with Crippen LogP contribution in [0.25, 0.3) is 0 Å². The van der Waals surface area contributed by atoms with Crippen LogP contribution in [0.1, 0.15) is 33.6 Å². The molecule has 1 fully saturated rings. The highest BCUT2D eigenvalue weighted by atomic mass is 15.3. The van der Waals surface area contributed by atoms with Crippen molar-refractivity contribution in [3.05, 3.63) is 24.3 Å². The molecule has 1 saturated heterocycles. The predicted molar refractivity (Wildman–Crippen MR) is 101 cm³/mol. The molecule has 4 nitrogen and oxygen atoms in total. The predicted octanol–water partition coefficient (Wildman–Crippen LogP) is 3.00. The SMILES string of the molecule is CCCN1CCN(c2ccc(NCC(N)CC(C)C)cc2)CC1. The third-order valence-electron chi connectivity index (χ3n) is 4.49. The van der Waals surface area contributed by atoms with Gasteiger partial charge in [-0.15, -0.1) is 0 Å². The van der Waals surface area contributed by atoms with Crippen molar-refractivity contribution >= 4 is 11.4 Å². The normalized spacial score (nSPS) is 17.5. The van der Waals surface area contributed by atoms with Crippen molar-refractivity contribution in [1.29, 1.82) is 0 Å². The molecule has 0 saturated carbocycles. The Morgan fingerprint density at radius 1 is 1.09 bits per heavy atom. The fourth-order valence-electron chi connectivity index (χ4n) is 3.27. The molecule has 1 aromatic rings. The van der Waals surface area contributed by atoms with Gasteiger partial charge in [0.1, 0.15) is 0 Å². The second-order valence-electron chi connectivity index (χ2n) is 7.15. The van der Waals surface area contributed by atoms with Crippen LogP contribution in [-0.4, -0.2) is 50.2 Å². The van der Waals surface area contributed by atoms with Gasteiger partial charge in [0.15, 0.2) is 0 Å². The van der Waals surface area contributed by atoms with Gasteiger partial charge in [-0.2, -0.15) is 0 Å². The number of nitrogens with one attached hydrogen (secondary N) is 1. The van der Waals surface area contributed by atoms with E-state index >= 15 is 0 Å². The average Bonchev–Trinajstić information content (AvgIpc) is 2.54. The van der Waals surface area contributed by atoms with E-state index in [0.717, 1.165) is 31.7 Å². The Labute approximate surface area is 142 Å². The molecule has 0 bridgehead atoms. The van der Waals surface area contributed by atoms with E-state index in [1.54, 1.807) is 0 Å². The standard InChI is InChI=1S/C19H34N4/c1-4-9-22-10-12-23(13-11-22)19-7-5-18(6-8-19)21-15-17(20)14-16(2)3/h5-8,16-17,21H,4,9-15,20H2,1-3H3. The molecule has 4 heteroatoms. The molecule has 1 aliphatic heterocycles. The Kier molecular flexibility index (Phi) is 7.18. The van der Waals surface area contributed by atoms with Crippen LogP contribution in [0.2, 0.25) is 0 Å². The molecule has 0 aromatic heterocycles. The summed E-state index contributed by atoms with van der Waals surface area (Å²) in [6.45, 7) is 13.4. The molecule has 0 amide bonds. The summed E-state index contributed by atoms with van der Waals surface area (Å²) in [7, 11) is 0. The van der Waals surface area contributed by atoms with Gasteiger partial charge in [-0.05, 0) is 49.6 Å². The summed E-state index contributed by atoms with van der Waals surface area (Å²) < 4.78 is 0. The molecule has 1 aliphatic rings. The minimum Gasteiger partial charge on any atom is -0.383 e. The molecule has 3 N–H and O–H groups in total. The Morgan fingerprint density at radius 2 is 1.74 bits per heavy atom. The Bertz CT molecular complexity index is 435. The second-order valence-corrected chi connectivity index (χ2v) is 7.15. The first-order valence-electron chi connectivity index (χ1n) is 9.15. The van der Waals surface area contributed by atoms with Gasteiger partial charge in [-0.1, -0.05) is 20.8 Å². The lowest BCUT2D eigenvalue weighted by atomic mass is 10.0. The van der Waals surface area contributed by atoms with Gasteiger partial charge in [-0.25, -0.2) is 0 Å². The van der Waals surface area contributed by atoms with Crippen LogP contribution in [-0.2, 0) is 0 Å². The van der Waals surface area contributed by atoms with Gasteiger partial charge >= 0.3 is 0 Å². The van der Waals surface area contributed by atoms with E-state index < -0.39 is 0 Å². The first kappa shape index (κ1) is 18.1. The van der Waals surface area contributed by atoms with Crippen LogP contribution >= 0.6 is 0 Å². The summed E-state index contributed by atoms with van der Waals surface area (Å²) in [6, 6.07) is 9.03. The molecule has 0 radical (unpaired) electrons. The van der Waals surface area contributed by atoms with Gasteiger partial charge in [0.25, 0.3) is 0 Å². The van der Waals surface area contributed by atoms with Gasteiger partial charge in [0.2, 0.25) is 0 Å². The zero-order valence-corrected chi connectivity index (χ0v) is 15.1. The maximum Gasteiger partial charge on any atom is 0.0368 e. The molecular weight excluding hydrogens is 284 g/mol. The number of hydrogen-bond donors (Lipinski definition) is 2. The van der Waals surface area contributed by atoms with Crippen LogP contribution in [0.15, 0.2) is 24.3 Å². The minimum absolute atomic E-state index is 0.223. The average molecular weight is 319 g/mol. The molecule has 1 atom stereocenters. The summed E-state index contributed by atoms with van der Waals surface area (Å²) in [5.74, 6) is 0.653. The number of nitrogens with two attached hydrogens (primary N) is 1. The van der Waals surface area contributed by atoms with E-state index in [-0.39, 0.29) is 6.04 Å². The van der Waals surface area contributed by atoms with Crippen molar-refractivity contribution in [3.8, 4) is 0 Å². The van der Waals surface area contributed by atoms with E-state index in [0.29, 0.717) is 5.92 Å². The lowest BCUT2D eigenvalue weighted by Gasteiger charge is -2.36. The van der Waals surface area contributed by atoms with Gasteiger partial charge < -0.3 is 16.0 Å². The smallest absolute Gasteiger partial charge is 0.0368 e. The second kappa shape index (κ2) is 9.14. The summed E-state index contributed by atoms with van der Waals surface area (Å²) >= 11 is 0. The summed E-state index contributed by atoms with van der Waals surface area (Å²) in [4.78, 5) is 5.04. The molecule has 0 aliphatic carbocycles. The van der Waals surface area contributed by atoms with Crippen molar-refractivity contribution in [2.45, 2.75) is 39.7 Å². The zero-order chi connectivity index (χ0) is 16.7. The highest BCUT2D eigenvalue weighted by molar-refractivity contribution is 5.55. The van der Waals surface area contributed by atoms with Crippen LogP contribution in [0, 0.1) is 5.92 Å². The molecule has 1 heterocycles. The fourth-order valence-corrected chi connectivity index (χ4v) is 3.27. The molecule has 1 aromatic carbocycles. The molecule has 23 heavy (non-hydrogen) atoms. The Morgan fingerprint density at radius 3 is 2.30 bits per heavy atom. The van der Waals surface area contributed by atoms with Crippen LogP contribution < -0.4 is 16.0 Å². The van der Waals surface area contributed by atoms with Gasteiger partial charge in [0.05, 0.1) is 0 Å². The monoisotopic (exact) mass is 318 g/mol. The number of benzene rings is 1. The molecule has 0 spiro atoms. The summed E-state index contributed by atoms with van der Waals surface area (Å²) in [5.41, 5.74) is 8.63. The van der Waals surface area contributed by atoms with E-state index in [2.05, 4.69) is 60.2 Å². The molecular formula is C19H34N4. The van der Waals surface area contributed by atoms with Crippen molar-refractivity contribution in [2.24, 2.45) is 11.7 Å². The highest BCUT2D eigenvalue weighted by Gasteiger charge is 2.16. The van der Waals surface area contributed by atoms with Crippen LogP contribution in [0.5, 0.6) is 0 Å². The van der Waals surface area contributed by atoms with E-state index in [4.69, 9.17) is 5.73 Å². The maximum absolute atomic E-state index is 6.13. The number of piperazine rings is 1. The van der Waals surface area contributed by atoms with Gasteiger partial charge in [0, 0.05) is 50.1 Å². The Hall–Kier alpha value is -1.26. The topological polar surface area (TPSA) is 44.5 Å². The third-order valence-corrected chi connectivity index (χ3v) is 4.49. The third kappa shape index (κ3) is 6.04. The zero-order valence-electron chi connectivity index (χ0n) is 15.1. The van der Waals surface area contributed by atoms with Crippen LogP contribution in [0.4, 0.5) is 11.4 Å². The number of hydrogen-bond acceptors (Lipinski definition) is 4.